The maximum Gasteiger partial charge on any atom is 0.141 e. The van der Waals surface area contributed by atoms with Gasteiger partial charge in [-0.05, 0) is 24.6 Å². The Hall–Kier alpha value is -1.61. The van der Waals surface area contributed by atoms with Gasteiger partial charge in [-0.15, -0.1) is 6.58 Å². The maximum absolute atomic E-state index is 11.3. The summed E-state index contributed by atoms with van der Waals surface area (Å²) in [5.41, 5.74) is 0.902. The van der Waals surface area contributed by atoms with Crippen molar-refractivity contribution >= 4 is 5.78 Å². The first-order valence-corrected chi connectivity index (χ1v) is 5.15. The van der Waals surface area contributed by atoms with Crippen LogP contribution in [0.2, 0.25) is 0 Å². The van der Waals surface area contributed by atoms with E-state index in [1.54, 1.807) is 25.1 Å². The number of allylic oxidation sites excluding steroid dienone is 1. The van der Waals surface area contributed by atoms with Gasteiger partial charge in [0.25, 0.3) is 0 Å². The molecule has 16 heavy (non-hydrogen) atoms. The van der Waals surface area contributed by atoms with Crippen molar-refractivity contribution in [1.29, 1.82) is 0 Å². The van der Waals surface area contributed by atoms with E-state index < -0.39 is 0 Å². The molecule has 1 unspecified atom stereocenters. The fourth-order valence-electron chi connectivity index (χ4n) is 1.47. The molecule has 1 atom stereocenters. The Labute approximate surface area is 95.4 Å². The van der Waals surface area contributed by atoms with Crippen LogP contribution in [-0.4, -0.2) is 24.1 Å². The molecule has 0 saturated heterocycles. The van der Waals surface area contributed by atoms with E-state index in [9.17, 15) is 4.79 Å². The van der Waals surface area contributed by atoms with Crippen LogP contribution in [0, 0.1) is 0 Å². The number of carbonyl (C=O) groups is 1. The summed E-state index contributed by atoms with van der Waals surface area (Å²) < 4.78 is 5.22. The van der Waals surface area contributed by atoms with Crippen LogP contribution in [0.25, 0.3) is 0 Å². The van der Waals surface area contributed by atoms with Gasteiger partial charge < -0.3 is 9.84 Å². The smallest absolute Gasteiger partial charge is 0.141 e. The minimum absolute atomic E-state index is 0.00944. The van der Waals surface area contributed by atoms with Gasteiger partial charge in [-0.1, -0.05) is 18.2 Å². The predicted molar refractivity (Wildman–Crippen MR) is 62.6 cm³/mol. The molecule has 0 aliphatic carbocycles. The lowest BCUT2D eigenvalue weighted by Gasteiger charge is -2.10. The number of aliphatic hydroxyl groups is 1. The third kappa shape index (κ3) is 3.21. The van der Waals surface area contributed by atoms with Gasteiger partial charge in [0.1, 0.15) is 18.1 Å². The molecule has 0 saturated carbocycles. The lowest BCUT2D eigenvalue weighted by Crippen LogP contribution is -2.06. The monoisotopic (exact) mass is 220 g/mol. The number of rotatable bonds is 6. The summed E-state index contributed by atoms with van der Waals surface area (Å²) in [6.45, 7) is 5.45. The van der Waals surface area contributed by atoms with E-state index >= 15 is 0 Å². The summed E-state index contributed by atoms with van der Waals surface area (Å²) in [6, 6.07) is 7.23. The molecule has 1 N–H and O–H groups in total. The number of Topliss-reactive ketones (excluding diaryl/α,β-unsaturated/α-hetero) is 1. The van der Waals surface area contributed by atoms with Gasteiger partial charge in [0, 0.05) is 0 Å². The van der Waals surface area contributed by atoms with Gasteiger partial charge in [-0.2, -0.15) is 0 Å². The van der Waals surface area contributed by atoms with E-state index in [4.69, 9.17) is 9.84 Å². The van der Waals surface area contributed by atoms with E-state index in [2.05, 4.69) is 6.58 Å². The molecule has 1 rings (SSSR count). The predicted octanol–water partition coefficient (Wildman–Crippen LogP) is 1.92. The first kappa shape index (κ1) is 12.5. The Balaban J connectivity index is 2.77. The van der Waals surface area contributed by atoms with Crippen LogP contribution in [0.15, 0.2) is 36.9 Å². The van der Waals surface area contributed by atoms with Gasteiger partial charge >= 0.3 is 0 Å². The summed E-state index contributed by atoms with van der Waals surface area (Å²) in [5, 5.41) is 8.60. The van der Waals surface area contributed by atoms with E-state index in [0.29, 0.717) is 5.75 Å². The van der Waals surface area contributed by atoms with Gasteiger partial charge in [-0.25, -0.2) is 0 Å². The van der Waals surface area contributed by atoms with Crippen molar-refractivity contribution in [1.82, 2.24) is 0 Å². The Morgan fingerprint density at radius 2 is 2.12 bits per heavy atom. The number of benzene rings is 1. The van der Waals surface area contributed by atoms with Crippen molar-refractivity contribution in [3.05, 3.63) is 42.5 Å². The Morgan fingerprint density at radius 3 is 2.56 bits per heavy atom. The first-order chi connectivity index (χ1) is 7.69. The number of ether oxygens (including phenoxy) is 1. The normalized spacial score (nSPS) is 11.9. The zero-order valence-corrected chi connectivity index (χ0v) is 9.35. The molecule has 0 heterocycles. The van der Waals surface area contributed by atoms with Crippen molar-refractivity contribution in [3.63, 3.8) is 0 Å². The lowest BCUT2D eigenvalue weighted by atomic mass is 9.96. The van der Waals surface area contributed by atoms with Gasteiger partial charge in [-0.3, -0.25) is 4.79 Å². The fraction of sp³-hybridized carbons (Fsp3) is 0.308. The lowest BCUT2D eigenvalue weighted by molar-refractivity contribution is -0.117. The maximum atomic E-state index is 11.3. The molecule has 0 aliphatic rings. The number of carbonyl (C=O) groups excluding carboxylic acids is 1. The highest BCUT2D eigenvalue weighted by molar-refractivity contribution is 5.85. The summed E-state index contributed by atoms with van der Waals surface area (Å²) >= 11 is 0. The third-order valence-corrected chi connectivity index (χ3v) is 2.27. The van der Waals surface area contributed by atoms with Crippen molar-refractivity contribution in [2.75, 3.05) is 13.2 Å². The number of hydrogen-bond donors (Lipinski definition) is 1. The molecule has 86 valence electrons. The molecule has 0 bridgehead atoms. The minimum atomic E-state index is -0.258. The standard InChI is InChI=1S/C13H16O3/c1-3-13(10(2)15)11-4-6-12(7-5-11)16-9-8-14/h3-7,13-14H,1,8-9H2,2H3. The summed E-state index contributed by atoms with van der Waals surface area (Å²) in [6.07, 6.45) is 1.63. The van der Waals surface area contributed by atoms with Crippen LogP contribution < -0.4 is 4.74 Å². The van der Waals surface area contributed by atoms with Gasteiger partial charge in [0.05, 0.1) is 12.5 Å². The highest BCUT2D eigenvalue weighted by Crippen LogP contribution is 2.21. The molecule has 0 spiro atoms. The largest absolute Gasteiger partial charge is 0.491 e. The highest BCUT2D eigenvalue weighted by Gasteiger charge is 2.12. The van der Waals surface area contributed by atoms with E-state index in [0.717, 1.165) is 5.56 Å². The molecular formula is C13H16O3. The number of ketones is 1. The Bertz CT molecular complexity index is 354. The van der Waals surface area contributed by atoms with Crippen molar-refractivity contribution in [3.8, 4) is 5.75 Å². The topological polar surface area (TPSA) is 46.5 Å². The van der Waals surface area contributed by atoms with Crippen molar-refractivity contribution in [2.45, 2.75) is 12.8 Å². The van der Waals surface area contributed by atoms with Crippen LogP contribution in [0.3, 0.4) is 0 Å². The SMILES string of the molecule is C=CC(C(C)=O)c1ccc(OCCO)cc1. The quantitative estimate of drug-likeness (QED) is 0.745. The molecule has 3 heteroatoms. The summed E-state index contributed by atoms with van der Waals surface area (Å²) in [4.78, 5) is 11.3. The number of hydrogen-bond acceptors (Lipinski definition) is 3. The molecular weight excluding hydrogens is 204 g/mol. The molecule has 1 aromatic rings. The fourth-order valence-corrected chi connectivity index (χ4v) is 1.47. The molecule has 1 aromatic carbocycles. The average molecular weight is 220 g/mol. The first-order valence-electron chi connectivity index (χ1n) is 5.15. The summed E-state index contributed by atoms with van der Waals surface area (Å²) in [7, 11) is 0. The zero-order valence-electron chi connectivity index (χ0n) is 9.35. The molecule has 0 aliphatic heterocycles. The molecule has 0 aromatic heterocycles. The Morgan fingerprint density at radius 1 is 1.50 bits per heavy atom. The zero-order chi connectivity index (χ0) is 12.0. The molecule has 0 radical (unpaired) electrons. The van der Waals surface area contributed by atoms with Crippen LogP contribution in [0.5, 0.6) is 5.75 Å². The second kappa shape index (κ2) is 6.08. The second-order valence-electron chi connectivity index (χ2n) is 3.47. The van der Waals surface area contributed by atoms with Crippen LogP contribution in [0.4, 0.5) is 0 Å². The molecule has 0 fully saturated rings. The average Bonchev–Trinajstić information content (AvgIpc) is 2.28. The van der Waals surface area contributed by atoms with E-state index in [-0.39, 0.29) is 24.9 Å². The Kier molecular flexibility index (Phi) is 4.73. The van der Waals surface area contributed by atoms with Gasteiger partial charge in [0.2, 0.25) is 0 Å². The summed E-state index contributed by atoms with van der Waals surface area (Å²) in [5.74, 6) is 0.495. The van der Waals surface area contributed by atoms with Crippen LogP contribution in [-0.2, 0) is 4.79 Å². The van der Waals surface area contributed by atoms with Gasteiger partial charge in [0.15, 0.2) is 0 Å². The second-order valence-corrected chi connectivity index (χ2v) is 3.47. The van der Waals surface area contributed by atoms with Crippen LogP contribution in [0.1, 0.15) is 18.4 Å². The van der Waals surface area contributed by atoms with E-state index in [1.807, 2.05) is 12.1 Å². The van der Waals surface area contributed by atoms with E-state index in [1.165, 1.54) is 0 Å². The molecule has 3 nitrogen and oxygen atoms in total. The number of aliphatic hydroxyl groups excluding tert-OH is 1. The van der Waals surface area contributed by atoms with Crippen molar-refractivity contribution in [2.24, 2.45) is 0 Å². The highest BCUT2D eigenvalue weighted by atomic mass is 16.5. The third-order valence-electron chi connectivity index (χ3n) is 2.27. The van der Waals surface area contributed by atoms with Crippen LogP contribution >= 0.6 is 0 Å². The molecule has 0 amide bonds. The minimum Gasteiger partial charge on any atom is -0.491 e. The van der Waals surface area contributed by atoms with Crippen molar-refractivity contribution < 1.29 is 14.6 Å².